The summed E-state index contributed by atoms with van der Waals surface area (Å²) in [5.74, 6) is 0.684. The van der Waals surface area contributed by atoms with E-state index in [1.807, 2.05) is 0 Å². The zero-order chi connectivity index (χ0) is 15.2. The Bertz CT molecular complexity index is 431. The highest BCUT2D eigenvalue weighted by molar-refractivity contribution is 6.30. The second-order valence-electron chi connectivity index (χ2n) is 6.30. The molecule has 1 aliphatic rings. The Kier molecular flexibility index (Phi) is 6.53. The first-order chi connectivity index (χ1) is 10.2. The van der Waals surface area contributed by atoms with E-state index in [4.69, 9.17) is 11.6 Å². The van der Waals surface area contributed by atoms with Crippen molar-refractivity contribution in [2.45, 2.75) is 45.6 Å². The molecule has 1 heterocycles. The van der Waals surface area contributed by atoms with Crippen molar-refractivity contribution >= 4 is 11.6 Å². The van der Waals surface area contributed by atoms with Gasteiger partial charge in [-0.05, 0) is 82.0 Å². The first-order valence-corrected chi connectivity index (χ1v) is 8.69. The minimum absolute atomic E-state index is 0.525. The number of hydrogen-bond donors (Lipinski definition) is 1. The molecule has 1 aromatic rings. The predicted molar refractivity (Wildman–Crippen MR) is 92.1 cm³/mol. The molecule has 2 atom stereocenters. The van der Waals surface area contributed by atoms with Gasteiger partial charge in [0.15, 0.2) is 0 Å². The molecule has 1 N–H and O–H groups in total. The molecule has 0 bridgehead atoms. The van der Waals surface area contributed by atoms with Gasteiger partial charge < -0.3 is 5.32 Å². The summed E-state index contributed by atoms with van der Waals surface area (Å²) in [6.45, 7) is 7.98. The van der Waals surface area contributed by atoms with Crippen LogP contribution in [0.3, 0.4) is 0 Å². The maximum atomic E-state index is 6.16. The van der Waals surface area contributed by atoms with Crippen molar-refractivity contribution in [2.75, 3.05) is 26.7 Å². The third-order valence-corrected chi connectivity index (χ3v) is 4.87. The Balaban J connectivity index is 2.37. The van der Waals surface area contributed by atoms with Gasteiger partial charge in [0, 0.05) is 11.1 Å². The summed E-state index contributed by atoms with van der Waals surface area (Å²) in [7, 11) is 2.07. The summed E-state index contributed by atoms with van der Waals surface area (Å²) in [6, 6.07) is 6.94. The lowest BCUT2D eigenvalue weighted by atomic mass is 9.87. The molecule has 0 aliphatic carbocycles. The second-order valence-corrected chi connectivity index (χ2v) is 6.73. The quantitative estimate of drug-likeness (QED) is 0.866. The van der Waals surface area contributed by atoms with Crippen molar-refractivity contribution in [2.24, 2.45) is 5.92 Å². The minimum Gasteiger partial charge on any atom is -0.319 e. The highest BCUT2D eigenvalue weighted by Crippen LogP contribution is 2.37. The van der Waals surface area contributed by atoms with Crippen molar-refractivity contribution in [3.05, 3.63) is 34.3 Å². The number of rotatable bonds is 5. The van der Waals surface area contributed by atoms with E-state index in [1.54, 1.807) is 0 Å². The highest BCUT2D eigenvalue weighted by Gasteiger charge is 2.31. The summed E-state index contributed by atoms with van der Waals surface area (Å²) in [5, 5.41) is 4.25. The van der Waals surface area contributed by atoms with Gasteiger partial charge in [-0.2, -0.15) is 0 Å². The Morgan fingerprint density at radius 2 is 2.14 bits per heavy atom. The molecule has 0 aromatic heterocycles. The van der Waals surface area contributed by atoms with Gasteiger partial charge in [0.2, 0.25) is 0 Å². The van der Waals surface area contributed by atoms with Gasteiger partial charge in [-0.3, -0.25) is 4.90 Å². The van der Waals surface area contributed by atoms with Crippen molar-refractivity contribution in [1.29, 1.82) is 0 Å². The van der Waals surface area contributed by atoms with E-state index in [0.717, 1.165) is 11.6 Å². The van der Waals surface area contributed by atoms with E-state index >= 15 is 0 Å². The zero-order valence-electron chi connectivity index (χ0n) is 13.7. The molecule has 3 heteroatoms. The van der Waals surface area contributed by atoms with Crippen LogP contribution in [0.15, 0.2) is 18.2 Å². The molecule has 1 saturated heterocycles. The maximum Gasteiger partial charge on any atom is 0.0408 e. The maximum absolute atomic E-state index is 6.16. The number of nitrogens with one attached hydrogen (secondary N) is 1. The lowest BCUT2D eigenvalue weighted by Gasteiger charge is -2.36. The van der Waals surface area contributed by atoms with Crippen LogP contribution in [0.25, 0.3) is 0 Å². The molecule has 2 rings (SSSR count). The van der Waals surface area contributed by atoms with Gasteiger partial charge in [0.25, 0.3) is 0 Å². The van der Waals surface area contributed by atoms with Gasteiger partial charge >= 0.3 is 0 Å². The van der Waals surface area contributed by atoms with Crippen molar-refractivity contribution < 1.29 is 0 Å². The van der Waals surface area contributed by atoms with Crippen LogP contribution in [0, 0.1) is 12.8 Å². The molecule has 118 valence electrons. The standard InChI is InChI=1S/C18H29ClN2/c1-4-10-21-11-6-5-7-15(13-20-3)18(21)17-9-8-16(19)12-14(17)2/h8-9,12,15,18,20H,4-7,10-11,13H2,1-3H3. The third kappa shape index (κ3) is 4.21. The molecule has 2 unspecified atom stereocenters. The number of hydrogen-bond acceptors (Lipinski definition) is 2. The number of halogens is 1. The lowest BCUT2D eigenvalue weighted by Crippen LogP contribution is -2.37. The fourth-order valence-corrected chi connectivity index (χ4v) is 3.98. The summed E-state index contributed by atoms with van der Waals surface area (Å²) in [5.41, 5.74) is 2.80. The average Bonchev–Trinajstić information content (AvgIpc) is 2.63. The van der Waals surface area contributed by atoms with Gasteiger partial charge in [-0.1, -0.05) is 31.0 Å². The van der Waals surface area contributed by atoms with Gasteiger partial charge in [-0.15, -0.1) is 0 Å². The smallest absolute Gasteiger partial charge is 0.0408 e. The van der Waals surface area contributed by atoms with Crippen LogP contribution in [0.4, 0.5) is 0 Å². The van der Waals surface area contributed by atoms with Crippen LogP contribution in [0.1, 0.15) is 49.8 Å². The first-order valence-electron chi connectivity index (χ1n) is 8.32. The van der Waals surface area contributed by atoms with Crippen LogP contribution >= 0.6 is 11.6 Å². The number of nitrogens with zero attached hydrogens (tertiary/aromatic N) is 1. The lowest BCUT2D eigenvalue weighted by molar-refractivity contribution is 0.154. The van der Waals surface area contributed by atoms with Crippen LogP contribution < -0.4 is 5.32 Å². The van der Waals surface area contributed by atoms with E-state index in [-0.39, 0.29) is 0 Å². The summed E-state index contributed by atoms with van der Waals surface area (Å²) >= 11 is 6.16. The largest absolute Gasteiger partial charge is 0.319 e. The number of aryl methyl sites for hydroxylation is 1. The van der Waals surface area contributed by atoms with Crippen LogP contribution in [-0.4, -0.2) is 31.6 Å². The Hall–Kier alpha value is -0.570. The summed E-state index contributed by atoms with van der Waals surface area (Å²) in [4.78, 5) is 2.70. The SMILES string of the molecule is CCCN1CCCCC(CNC)C1c1ccc(Cl)cc1C. The minimum atomic E-state index is 0.525. The monoisotopic (exact) mass is 308 g/mol. The Morgan fingerprint density at radius 3 is 2.81 bits per heavy atom. The number of likely N-dealkylation sites (tertiary alicyclic amines) is 1. The van der Waals surface area contributed by atoms with Crippen molar-refractivity contribution in [3.63, 3.8) is 0 Å². The van der Waals surface area contributed by atoms with Crippen molar-refractivity contribution in [1.82, 2.24) is 10.2 Å². The van der Waals surface area contributed by atoms with E-state index in [1.165, 1.54) is 49.9 Å². The van der Waals surface area contributed by atoms with Gasteiger partial charge in [-0.25, -0.2) is 0 Å². The fraction of sp³-hybridized carbons (Fsp3) is 0.667. The first kappa shape index (κ1) is 16.8. The number of benzene rings is 1. The summed E-state index contributed by atoms with van der Waals surface area (Å²) < 4.78 is 0. The fourth-order valence-electron chi connectivity index (χ4n) is 3.75. The summed E-state index contributed by atoms with van der Waals surface area (Å²) in [6.07, 6.45) is 5.20. The normalized spacial score (nSPS) is 24.0. The predicted octanol–water partition coefficient (Wildman–Crippen LogP) is 4.42. The molecule has 1 aromatic carbocycles. The second kappa shape index (κ2) is 8.17. The highest BCUT2D eigenvalue weighted by atomic mass is 35.5. The molecule has 0 saturated carbocycles. The topological polar surface area (TPSA) is 15.3 Å². The van der Waals surface area contributed by atoms with Crippen LogP contribution in [0.5, 0.6) is 0 Å². The molecule has 0 spiro atoms. The Morgan fingerprint density at radius 1 is 1.33 bits per heavy atom. The average molecular weight is 309 g/mol. The van der Waals surface area contributed by atoms with Gasteiger partial charge in [0.1, 0.15) is 0 Å². The molecule has 0 amide bonds. The molecule has 1 fully saturated rings. The van der Waals surface area contributed by atoms with E-state index in [9.17, 15) is 0 Å². The third-order valence-electron chi connectivity index (χ3n) is 4.64. The molecular formula is C18H29ClN2. The Labute approximate surface area is 134 Å². The van der Waals surface area contributed by atoms with E-state index in [0.29, 0.717) is 12.0 Å². The van der Waals surface area contributed by atoms with Gasteiger partial charge in [0.05, 0.1) is 0 Å². The van der Waals surface area contributed by atoms with Crippen LogP contribution in [-0.2, 0) is 0 Å². The zero-order valence-corrected chi connectivity index (χ0v) is 14.4. The molecule has 21 heavy (non-hydrogen) atoms. The molecule has 0 radical (unpaired) electrons. The molecule has 2 nitrogen and oxygen atoms in total. The molecular weight excluding hydrogens is 280 g/mol. The van der Waals surface area contributed by atoms with E-state index < -0.39 is 0 Å². The van der Waals surface area contributed by atoms with Crippen LogP contribution in [0.2, 0.25) is 5.02 Å². The van der Waals surface area contributed by atoms with Crippen molar-refractivity contribution in [3.8, 4) is 0 Å². The van der Waals surface area contributed by atoms with E-state index in [2.05, 4.69) is 49.3 Å². The molecule has 1 aliphatic heterocycles.